The summed E-state index contributed by atoms with van der Waals surface area (Å²) >= 11 is 3.22. The zero-order valence-corrected chi connectivity index (χ0v) is 25.9. The highest BCUT2D eigenvalue weighted by molar-refractivity contribution is 7.15. The third kappa shape index (κ3) is 6.73. The largest absolute Gasteiger partial charge is 0.353 e. The number of benzene rings is 1. The van der Waals surface area contributed by atoms with E-state index in [2.05, 4.69) is 48.6 Å². The van der Waals surface area contributed by atoms with Crippen LogP contribution < -0.4 is 21.3 Å². The molecule has 0 amide bonds. The van der Waals surface area contributed by atoms with Crippen LogP contribution in [0.2, 0.25) is 0 Å². The van der Waals surface area contributed by atoms with Gasteiger partial charge in [0, 0.05) is 55.2 Å². The minimum absolute atomic E-state index is 0.0675. The molecule has 0 radical (unpaired) electrons. The van der Waals surface area contributed by atoms with E-state index >= 15 is 0 Å². The van der Waals surface area contributed by atoms with Crippen molar-refractivity contribution in [2.75, 3.05) is 28.6 Å². The first-order valence-corrected chi connectivity index (χ1v) is 16.6. The fraction of sp³-hybridized carbons (Fsp3) is 0.419. The molecule has 13 heteroatoms. The summed E-state index contributed by atoms with van der Waals surface area (Å²) in [5.41, 5.74) is 9.49. The van der Waals surface area contributed by atoms with E-state index in [1.807, 2.05) is 42.5 Å². The Morgan fingerprint density at radius 3 is 2.57 bits per heavy atom. The lowest BCUT2D eigenvalue weighted by molar-refractivity contribution is 0.381. The highest BCUT2D eigenvalue weighted by Gasteiger charge is 2.40. The molecule has 4 aromatic rings. The standard InChI is InChI=1S/C31H34N10OS2/c1-18(11-24-9-4-10-26(35-24)41-16-23(33)17-41)34-30-39-37-28(43-30)21-7-3-8-22(14-21)29-38-40-31(44-29)36-27-25(42-27)13-19-5-2-6-20(12-19)15-32/h2,4-6,9-10,12,21-23,25,27H,1,3,7-8,11,13-14,16-17,33H2,(H,34,39)(H,36,40)/t21-,22-,25?,27?/m0/s1. The number of hydrogen-bond acceptors (Lipinski definition) is 13. The number of nitrogens with two attached hydrogens (primary N) is 1. The lowest BCUT2D eigenvalue weighted by Gasteiger charge is -2.37. The average Bonchev–Trinajstić information content (AvgIpc) is 3.35. The lowest BCUT2D eigenvalue weighted by Crippen LogP contribution is -2.56. The average molecular weight is 627 g/mol. The van der Waals surface area contributed by atoms with Gasteiger partial charge in [0.1, 0.15) is 21.9 Å². The number of ether oxygens (including phenoxy) is 1. The number of nitriles is 1. The van der Waals surface area contributed by atoms with Gasteiger partial charge in [-0.15, -0.1) is 20.4 Å². The van der Waals surface area contributed by atoms with Crippen molar-refractivity contribution < 1.29 is 4.74 Å². The molecule has 226 valence electrons. The van der Waals surface area contributed by atoms with Crippen molar-refractivity contribution in [2.45, 2.75) is 68.7 Å². The molecule has 1 aliphatic carbocycles. The van der Waals surface area contributed by atoms with Crippen LogP contribution in [0.25, 0.3) is 0 Å². The zero-order chi connectivity index (χ0) is 30.0. The Bertz CT molecular complexity index is 1680. The third-order valence-electron chi connectivity index (χ3n) is 8.30. The van der Waals surface area contributed by atoms with Crippen molar-refractivity contribution >= 4 is 38.8 Å². The van der Waals surface area contributed by atoms with Gasteiger partial charge in [0.05, 0.1) is 11.6 Å². The Labute approximate surface area is 264 Å². The molecule has 2 unspecified atom stereocenters. The van der Waals surface area contributed by atoms with Crippen LogP contribution in [0.1, 0.15) is 64.4 Å². The van der Waals surface area contributed by atoms with E-state index in [-0.39, 0.29) is 18.4 Å². The minimum atomic E-state index is -0.0816. The van der Waals surface area contributed by atoms with Crippen molar-refractivity contribution in [2.24, 2.45) is 5.73 Å². The first-order valence-electron chi connectivity index (χ1n) is 15.0. The van der Waals surface area contributed by atoms with Crippen LogP contribution in [-0.4, -0.2) is 56.8 Å². The fourth-order valence-corrected chi connectivity index (χ4v) is 7.80. The molecule has 11 nitrogen and oxygen atoms in total. The minimum Gasteiger partial charge on any atom is -0.353 e. The van der Waals surface area contributed by atoms with Gasteiger partial charge in [0.2, 0.25) is 10.3 Å². The van der Waals surface area contributed by atoms with Gasteiger partial charge in [0.15, 0.2) is 6.23 Å². The summed E-state index contributed by atoms with van der Waals surface area (Å²) in [6, 6.07) is 16.2. The summed E-state index contributed by atoms with van der Waals surface area (Å²) in [5, 5.41) is 37.5. The smallest absolute Gasteiger partial charge is 0.209 e. The summed E-state index contributed by atoms with van der Waals surface area (Å²) in [6.07, 6.45) is 5.65. The molecule has 1 aromatic carbocycles. The van der Waals surface area contributed by atoms with E-state index in [1.54, 1.807) is 22.7 Å². The summed E-state index contributed by atoms with van der Waals surface area (Å²) < 4.78 is 5.83. The third-order valence-corrected chi connectivity index (χ3v) is 10.3. The van der Waals surface area contributed by atoms with Gasteiger partial charge < -0.3 is 26.0 Å². The summed E-state index contributed by atoms with van der Waals surface area (Å²) in [4.78, 5) is 6.97. The second kappa shape index (κ2) is 12.6. The quantitative estimate of drug-likeness (QED) is 0.197. The van der Waals surface area contributed by atoms with Gasteiger partial charge in [-0.05, 0) is 49.1 Å². The van der Waals surface area contributed by atoms with E-state index in [1.165, 1.54) is 0 Å². The van der Waals surface area contributed by atoms with Crippen LogP contribution >= 0.6 is 22.7 Å². The highest BCUT2D eigenvalue weighted by atomic mass is 32.1. The Morgan fingerprint density at radius 1 is 1.05 bits per heavy atom. The van der Waals surface area contributed by atoms with E-state index in [4.69, 9.17) is 20.7 Å². The van der Waals surface area contributed by atoms with Gasteiger partial charge in [-0.3, -0.25) is 0 Å². The molecular formula is C31H34N10OS2. The molecule has 1 saturated carbocycles. The van der Waals surface area contributed by atoms with Crippen LogP contribution in [0.3, 0.4) is 0 Å². The molecule has 5 heterocycles. The van der Waals surface area contributed by atoms with E-state index in [0.29, 0.717) is 23.8 Å². The van der Waals surface area contributed by atoms with Gasteiger partial charge in [-0.25, -0.2) is 4.98 Å². The lowest BCUT2D eigenvalue weighted by atomic mass is 9.82. The molecule has 4 N–H and O–H groups in total. The first kappa shape index (κ1) is 28.8. The molecule has 4 atom stereocenters. The second-order valence-electron chi connectivity index (χ2n) is 11.8. The van der Waals surface area contributed by atoms with E-state index < -0.39 is 0 Å². The van der Waals surface area contributed by atoms with Crippen molar-refractivity contribution in [1.29, 1.82) is 5.26 Å². The predicted octanol–water partition coefficient (Wildman–Crippen LogP) is 4.79. The van der Waals surface area contributed by atoms with Crippen LogP contribution in [0.5, 0.6) is 0 Å². The summed E-state index contributed by atoms with van der Waals surface area (Å²) in [5.74, 6) is 1.65. The number of anilines is 3. The van der Waals surface area contributed by atoms with E-state index in [0.717, 1.165) is 88.2 Å². The number of nitrogens with one attached hydrogen (secondary N) is 2. The Hall–Kier alpha value is -3.96. The molecule has 3 fully saturated rings. The van der Waals surface area contributed by atoms with Gasteiger partial charge >= 0.3 is 0 Å². The first-order chi connectivity index (χ1) is 21.5. The van der Waals surface area contributed by atoms with Crippen LogP contribution in [0.15, 0.2) is 54.7 Å². The predicted molar refractivity (Wildman–Crippen MR) is 172 cm³/mol. The van der Waals surface area contributed by atoms with Crippen molar-refractivity contribution in [1.82, 2.24) is 25.4 Å². The number of allylic oxidation sites excluding steroid dienone is 1. The maximum atomic E-state index is 9.14. The van der Waals surface area contributed by atoms with E-state index in [9.17, 15) is 0 Å². The molecule has 44 heavy (non-hydrogen) atoms. The topological polar surface area (TPSA) is 154 Å². The molecule has 0 bridgehead atoms. The van der Waals surface area contributed by atoms with Gasteiger partial charge in [-0.1, -0.05) is 53.9 Å². The van der Waals surface area contributed by atoms with Gasteiger partial charge in [0.25, 0.3) is 0 Å². The SMILES string of the molecule is C=C(Cc1cccc(N2CC(N)C2)n1)Nc1nnc([C@H]2CCC[C@H](c3nnc(NC4OC4Cc4cccc(C#N)c4)s3)C2)s1. The number of hydrogen-bond donors (Lipinski definition) is 3. The van der Waals surface area contributed by atoms with Crippen molar-refractivity contribution in [3.8, 4) is 6.07 Å². The number of pyridine rings is 1. The summed E-state index contributed by atoms with van der Waals surface area (Å²) in [6.45, 7) is 5.91. The van der Waals surface area contributed by atoms with Crippen molar-refractivity contribution in [3.63, 3.8) is 0 Å². The summed E-state index contributed by atoms with van der Waals surface area (Å²) in [7, 11) is 0. The molecular weight excluding hydrogens is 593 g/mol. The zero-order valence-electron chi connectivity index (χ0n) is 24.2. The highest BCUT2D eigenvalue weighted by Crippen LogP contribution is 2.44. The van der Waals surface area contributed by atoms with Crippen molar-refractivity contribution in [3.05, 3.63) is 81.6 Å². The number of aromatic nitrogens is 5. The fourth-order valence-electron chi connectivity index (χ4n) is 5.95. The Morgan fingerprint density at radius 2 is 1.80 bits per heavy atom. The maximum absolute atomic E-state index is 9.14. The Balaban J connectivity index is 0.900. The van der Waals surface area contributed by atoms with Crippen LogP contribution in [0.4, 0.5) is 16.1 Å². The maximum Gasteiger partial charge on any atom is 0.209 e. The number of rotatable bonds is 11. The molecule has 2 aliphatic heterocycles. The molecule has 2 saturated heterocycles. The van der Waals surface area contributed by atoms with Crippen LogP contribution in [-0.2, 0) is 17.6 Å². The molecule has 3 aliphatic rings. The second-order valence-corrected chi connectivity index (χ2v) is 13.8. The molecule has 3 aromatic heterocycles. The normalized spacial score (nSPS) is 23.0. The monoisotopic (exact) mass is 626 g/mol. The number of nitrogens with zero attached hydrogens (tertiary/aromatic N) is 7. The van der Waals surface area contributed by atoms with Crippen LogP contribution in [0, 0.1) is 11.3 Å². The Kier molecular flexibility index (Phi) is 8.22. The van der Waals surface area contributed by atoms with Gasteiger partial charge in [-0.2, -0.15) is 5.26 Å². The molecule has 0 spiro atoms. The molecule has 7 rings (SSSR count). The number of epoxide rings is 1.